The quantitative estimate of drug-likeness (QED) is 0.459. The van der Waals surface area contributed by atoms with Crippen molar-refractivity contribution in [3.63, 3.8) is 0 Å². The zero-order valence-electron chi connectivity index (χ0n) is 19.2. The monoisotopic (exact) mass is 444 g/mol. The predicted octanol–water partition coefficient (Wildman–Crippen LogP) is 2.15. The number of aliphatic hydroxyl groups is 2. The number of aliphatic hydroxyl groups excluding tert-OH is 1. The minimum Gasteiger partial charge on any atom is -0.497 e. The van der Waals surface area contributed by atoms with Gasteiger partial charge in [0.2, 0.25) is 0 Å². The molecule has 1 fully saturated rings. The minimum absolute atomic E-state index is 0.0271. The van der Waals surface area contributed by atoms with Crippen LogP contribution in [-0.2, 0) is 17.8 Å². The number of hydrogen-bond donors (Lipinski definition) is 2. The molecule has 32 heavy (non-hydrogen) atoms. The van der Waals surface area contributed by atoms with Crippen LogP contribution in [0.15, 0.2) is 48.5 Å². The van der Waals surface area contributed by atoms with Gasteiger partial charge in [0, 0.05) is 32.7 Å². The lowest BCUT2D eigenvalue weighted by molar-refractivity contribution is 0.0162. The molecule has 0 amide bonds. The van der Waals surface area contributed by atoms with E-state index in [0.717, 1.165) is 37.6 Å². The minimum atomic E-state index is -0.696. The summed E-state index contributed by atoms with van der Waals surface area (Å²) >= 11 is 0. The molecule has 1 atom stereocenters. The lowest BCUT2D eigenvalue weighted by Crippen LogP contribution is -2.43. The molecule has 176 valence electrons. The summed E-state index contributed by atoms with van der Waals surface area (Å²) in [6, 6.07) is 16.1. The van der Waals surface area contributed by atoms with Gasteiger partial charge in [-0.3, -0.25) is 9.80 Å². The van der Waals surface area contributed by atoms with Crippen LogP contribution in [0.4, 0.5) is 0 Å². The van der Waals surface area contributed by atoms with Crippen molar-refractivity contribution < 1.29 is 24.4 Å². The lowest BCUT2D eigenvalue weighted by Gasteiger charge is -2.29. The first kappa shape index (κ1) is 24.5. The highest BCUT2D eigenvalue weighted by Gasteiger charge is 2.36. The van der Waals surface area contributed by atoms with E-state index < -0.39 is 5.60 Å². The molecule has 1 aliphatic heterocycles. The summed E-state index contributed by atoms with van der Waals surface area (Å²) in [5, 5.41) is 19.8. The van der Waals surface area contributed by atoms with Crippen molar-refractivity contribution in [2.24, 2.45) is 0 Å². The van der Waals surface area contributed by atoms with Gasteiger partial charge in [-0.05, 0) is 48.9 Å². The molecule has 1 saturated heterocycles. The first-order valence-corrected chi connectivity index (χ1v) is 11.2. The Hall–Kier alpha value is -2.16. The molecule has 0 aromatic heterocycles. The Kier molecular flexibility index (Phi) is 9.32. The zero-order chi connectivity index (χ0) is 22.8. The summed E-state index contributed by atoms with van der Waals surface area (Å²) in [4.78, 5) is 4.49. The second-order valence-corrected chi connectivity index (χ2v) is 8.53. The van der Waals surface area contributed by atoms with Crippen LogP contribution in [0.25, 0.3) is 0 Å². The van der Waals surface area contributed by atoms with Gasteiger partial charge in [0.25, 0.3) is 0 Å². The van der Waals surface area contributed by atoms with Crippen LogP contribution in [0.1, 0.15) is 17.5 Å². The molecule has 2 aromatic rings. The molecule has 2 aromatic carbocycles. The number of hydrogen-bond acceptors (Lipinski definition) is 7. The van der Waals surface area contributed by atoms with Gasteiger partial charge < -0.3 is 24.4 Å². The highest BCUT2D eigenvalue weighted by Crippen LogP contribution is 2.25. The molecular formula is C25H36N2O5. The summed E-state index contributed by atoms with van der Waals surface area (Å²) in [6.45, 7) is 5.07. The second kappa shape index (κ2) is 12.2. The predicted molar refractivity (Wildman–Crippen MR) is 124 cm³/mol. The average molecular weight is 445 g/mol. The fourth-order valence-corrected chi connectivity index (χ4v) is 4.14. The third-order valence-corrected chi connectivity index (χ3v) is 5.65. The fraction of sp³-hybridized carbons (Fsp3) is 0.520. The molecule has 7 heteroatoms. The highest BCUT2D eigenvalue weighted by molar-refractivity contribution is 5.28. The van der Waals surface area contributed by atoms with Gasteiger partial charge in [-0.1, -0.05) is 24.3 Å². The van der Waals surface area contributed by atoms with Gasteiger partial charge in [0.15, 0.2) is 0 Å². The number of likely N-dealkylation sites (tertiary alicyclic amines) is 1. The lowest BCUT2D eigenvalue weighted by atomic mass is 10.0. The fourth-order valence-electron chi connectivity index (χ4n) is 4.14. The Labute approximate surface area is 191 Å². The van der Waals surface area contributed by atoms with Crippen LogP contribution >= 0.6 is 0 Å². The van der Waals surface area contributed by atoms with E-state index in [9.17, 15) is 5.11 Å². The second-order valence-electron chi connectivity index (χ2n) is 8.53. The van der Waals surface area contributed by atoms with Crippen LogP contribution in [0.2, 0.25) is 0 Å². The van der Waals surface area contributed by atoms with Crippen molar-refractivity contribution in [1.82, 2.24) is 9.80 Å². The Morgan fingerprint density at radius 1 is 0.969 bits per heavy atom. The topological polar surface area (TPSA) is 74.6 Å². The van der Waals surface area contributed by atoms with Crippen LogP contribution in [-0.4, -0.2) is 85.8 Å². The van der Waals surface area contributed by atoms with Crippen LogP contribution in [0.5, 0.6) is 11.5 Å². The molecule has 1 aliphatic rings. The van der Waals surface area contributed by atoms with Crippen molar-refractivity contribution in [3.05, 3.63) is 59.7 Å². The third kappa shape index (κ3) is 7.76. The Morgan fingerprint density at radius 2 is 1.66 bits per heavy atom. The maximum Gasteiger partial charge on any atom is 0.119 e. The first-order chi connectivity index (χ1) is 15.5. The summed E-state index contributed by atoms with van der Waals surface area (Å²) in [5.41, 5.74) is 1.71. The number of β-amino-alcohol motifs (C(OH)–C–C–N with tert-alkyl or cyclic N) is 1. The molecule has 1 heterocycles. The molecule has 3 rings (SSSR count). The number of nitrogens with zero attached hydrogens (tertiary/aromatic N) is 2. The maximum atomic E-state index is 11.1. The van der Waals surface area contributed by atoms with Crippen molar-refractivity contribution in [3.8, 4) is 11.5 Å². The van der Waals surface area contributed by atoms with E-state index in [1.807, 2.05) is 24.3 Å². The number of likely N-dealkylation sites (N-methyl/N-ethyl adjacent to an activating group) is 1. The van der Waals surface area contributed by atoms with E-state index in [0.29, 0.717) is 32.9 Å². The summed E-state index contributed by atoms with van der Waals surface area (Å²) in [7, 11) is 3.72. The van der Waals surface area contributed by atoms with E-state index in [1.54, 1.807) is 7.11 Å². The summed E-state index contributed by atoms with van der Waals surface area (Å²) in [5.74, 6) is 1.66. The van der Waals surface area contributed by atoms with Crippen molar-refractivity contribution in [2.75, 3.05) is 60.2 Å². The molecular weight excluding hydrogens is 408 g/mol. The van der Waals surface area contributed by atoms with Gasteiger partial charge in [-0.25, -0.2) is 0 Å². The van der Waals surface area contributed by atoms with Crippen molar-refractivity contribution in [1.29, 1.82) is 0 Å². The third-order valence-electron chi connectivity index (χ3n) is 5.65. The van der Waals surface area contributed by atoms with E-state index in [-0.39, 0.29) is 6.61 Å². The number of benzene rings is 2. The van der Waals surface area contributed by atoms with E-state index in [1.165, 1.54) is 11.1 Å². The molecule has 0 aliphatic carbocycles. The van der Waals surface area contributed by atoms with Crippen molar-refractivity contribution in [2.45, 2.75) is 25.1 Å². The molecule has 0 saturated carbocycles. The molecule has 0 spiro atoms. The molecule has 7 nitrogen and oxygen atoms in total. The average Bonchev–Trinajstić information content (AvgIpc) is 3.15. The normalized spacial score (nSPS) is 18.9. The smallest absolute Gasteiger partial charge is 0.119 e. The van der Waals surface area contributed by atoms with E-state index in [4.69, 9.17) is 19.3 Å². The van der Waals surface area contributed by atoms with Gasteiger partial charge in [-0.2, -0.15) is 0 Å². The molecule has 0 bridgehead atoms. The van der Waals surface area contributed by atoms with Crippen molar-refractivity contribution >= 4 is 0 Å². The van der Waals surface area contributed by atoms with Gasteiger partial charge >= 0.3 is 0 Å². The summed E-state index contributed by atoms with van der Waals surface area (Å²) < 4.78 is 16.1. The van der Waals surface area contributed by atoms with Crippen LogP contribution < -0.4 is 9.47 Å². The van der Waals surface area contributed by atoms with Gasteiger partial charge in [-0.15, -0.1) is 0 Å². The van der Waals surface area contributed by atoms with E-state index >= 15 is 0 Å². The Bertz CT molecular complexity index is 799. The standard InChI is InChI=1S/C25H36N2O5/c1-26(17-21-3-7-23(30-2)8-4-21)19-25(29)11-12-27(20-25)18-22-5-9-24(10-6-22)32-16-15-31-14-13-28/h3-10,28-29H,11-20H2,1-2H3. The SMILES string of the molecule is COc1ccc(CN(C)CC2(O)CCN(Cc3ccc(OCCOCCO)cc3)C2)cc1. The maximum absolute atomic E-state index is 11.1. The molecule has 0 radical (unpaired) electrons. The number of ether oxygens (including phenoxy) is 3. The van der Waals surface area contributed by atoms with Gasteiger partial charge in [0.05, 0.1) is 32.5 Å². The Morgan fingerprint density at radius 3 is 2.34 bits per heavy atom. The van der Waals surface area contributed by atoms with Crippen LogP contribution in [0.3, 0.4) is 0 Å². The highest BCUT2D eigenvalue weighted by atomic mass is 16.5. The van der Waals surface area contributed by atoms with Gasteiger partial charge in [0.1, 0.15) is 18.1 Å². The zero-order valence-corrected chi connectivity index (χ0v) is 19.2. The number of methoxy groups -OCH3 is 1. The van der Waals surface area contributed by atoms with Crippen LogP contribution in [0, 0.1) is 0 Å². The number of rotatable bonds is 13. The Balaban J connectivity index is 1.41. The first-order valence-electron chi connectivity index (χ1n) is 11.2. The molecule has 2 N–H and O–H groups in total. The van der Waals surface area contributed by atoms with E-state index in [2.05, 4.69) is 41.1 Å². The largest absolute Gasteiger partial charge is 0.497 e. The summed E-state index contributed by atoms with van der Waals surface area (Å²) in [6.07, 6.45) is 0.773. The molecule has 1 unspecified atom stereocenters.